The molecule has 0 amide bonds. The Balaban J connectivity index is 2.28. The van der Waals surface area contributed by atoms with E-state index in [2.05, 4.69) is 6.92 Å². The van der Waals surface area contributed by atoms with E-state index in [-0.39, 0.29) is 0 Å². The summed E-state index contributed by atoms with van der Waals surface area (Å²) < 4.78 is 5.32. The maximum atomic E-state index is 5.78. The summed E-state index contributed by atoms with van der Waals surface area (Å²) in [6.45, 7) is 3.94. The first-order valence-electron chi connectivity index (χ1n) is 4.14. The molecule has 0 aliphatic carbocycles. The summed E-state index contributed by atoms with van der Waals surface area (Å²) in [5.74, 6) is 0.697. The summed E-state index contributed by atoms with van der Waals surface area (Å²) in [4.78, 5) is 0. The van der Waals surface area contributed by atoms with Gasteiger partial charge in [0.05, 0.1) is 0 Å². The summed E-state index contributed by atoms with van der Waals surface area (Å²) in [6, 6.07) is 0.349. The Bertz CT molecular complexity index is 85.3. The first-order valence-corrected chi connectivity index (χ1v) is 4.14. The van der Waals surface area contributed by atoms with E-state index < -0.39 is 0 Å². The van der Waals surface area contributed by atoms with Crippen LogP contribution in [0.3, 0.4) is 0 Å². The molecule has 10 heavy (non-hydrogen) atoms. The lowest BCUT2D eigenvalue weighted by molar-refractivity contribution is 0.140. The molecule has 0 spiro atoms. The van der Waals surface area contributed by atoms with Crippen LogP contribution in [0.15, 0.2) is 0 Å². The van der Waals surface area contributed by atoms with Gasteiger partial charge in [-0.2, -0.15) is 0 Å². The fourth-order valence-electron chi connectivity index (χ4n) is 1.45. The fraction of sp³-hybridized carbons (Fsp3) is 1.00. The molecule has 2 unspecified atom stereocenters. The molecular formula is C8H17NO. The van der Waals surface area contributed by atoms with Crippen molar-refractivity contribution in [3.63, 3.8) is 0 Å². The first-order chi connectivity index (χ1) is 4.80. The van der Waals surface area contributed by atoms with Crippen LogP contribution in [0.4, 0.5) is 0 Å². The van der Waals surface area contributed by atoms with Gasteiger partial charge in [0, 0.05) is 19.3 Å². The molecule has 2 N–H and O–H groups in total. The Labute approximate surface area is 62.7 Å². The van der Waals surface area contributed by atoms with Crippen molar-refractivity contribution in [1.82, 2.24) is 0 Å². The van der Waals surface area contributed by atoms with Crippen molar-refractivity contribution < 1.29 is 4.74 Å². The third-order valence-corrected chi connectivity index (χ3v) is 2.24. The standard InChI is InChI=1S/C8H17NO/c1-7(9)8-3-2-5-10-6-4-8/h7-8H,2-6,9H2,1H3. The van der Waals surface area contributed by atoms with E-state index >= 15 is 0 Å². The molecule has 1 rings (SSSR count). The van der Waals surface area contributed by atoms with Crippen molar-refractivity contribution in [2.24, 2.45) is 11.7 Å². The van der Waals surface area contributed by atoms with Gasteiger partial charge in [-0.3, -0.25) is 0 Å². The van der Waals surface area contributed by atoms with Crippen LogP contribution in [0.2, 0.25) is 0 Å². The summed E-state index contributed by atoms with van der Waals surface area (Å²) in [7, 11) is 0. The Morgan fingerprint density at radius 1 is 1.40 bits per heavy atom. The molecule has 1 heterocycles. The number of hydrogen-bond acceptors (Lipinski definition) is 2. The van der Waals surface area contributed by atoms with Crippen molar-refractivity contribution in [3.8, 4) is 0 Å². The number of ether oxygens (including phenoxy) is 1. The second-order valence-electron chi connectivity index (χ2n) is 3.16. The first kappa shape index (κ1) is 8.02. The average molecular weight is 143 g/mol. The molecule has 1 saturated heterocycles. The minimum Gasteiger partial charge on any atom is -0.381 e. The highest BCUT2D eigenvalue weighted by atomic mass is 16.5. The van der Waals surface area contributed by atoms with Crippen LogP contribution in [0.5, 0.6) is 0 Å². The molecule has 0 aromatic carbocycles. The molecule has 0 aromatic heterocycles. The van der Waals surface area contributed by atoms with Gasteiger partial charge < -0.3 is 10.5 Å². The zero-order valence-corrected chi connectivity index (χ0v) is 6.68. The Morgan fingerprint density at radius 2 is 2.20 bits per heavy atom. The van der Waals surface area contributed by atoms with E-state index in [4.69, 9.17) is 10.5 Å². The largest absolute Gasteiger partial charge is 0.381 e. The predicted octanol–water partition coefficient (Wildman–Crippen LogP) is 1.15. The molecular weight excluding hydrogens is 126 g/mol. The molecule has 60 valence electrons. The lowest BCUT2D eigenvalue weighted by Crippen LogP contribution is -2.26. The van der Waals surface area contributed by atoms with Crippen molar-refractivity contribution in [2.75, 3.05) is 13.2 Å². The Morgan fingerprint density at radius 3 is 2.90 bits per heavy atom. The highest BCUT2D eigenvalue weighted by Crippen LogP contribution is 2.17. The van der Waals surface area contributed by atoms with Crippen LogP contribution in [0, 0.1) is 5.92 Å². The highest BCUT2D eigenvalue weighted by Gasteiger charge is 2.15. The van der Waals surface area contributed by atoms with E-state index in [1.54, 1.807) is 0 Å². The minimum absolute atomic E-state index is 0.349. The van der Waals surface area contributed by atoms with Gasteiger partial charge in [-0.1, -0.05) is 0 Å². The second kappa shape index (κ2) is 3.94. The van der Waals surface area contributed by atoms with Crippen molar-refractivity contribution in [1.29, 1.82) is 0 Å². The zero-order valence-electron chi connectivity index (χ0n) is 6.68. The van der Waals surface area contributed by atoms with Gasteiger partial charge >= 0.3 is 0 Å². The molecule has 0 saturated carbocycles. The molecule has 1 aliphatic rings. The minimum atomic E-state index is 0.349. The zero-order chi connectivity index (χ0) is 7.40. The average Bonchev–Trinajstić information content (AvgIpc) is 2.12. The number of rotatable bonds is 1. The summed E-state index contributed by atoms with van der Waals surface area (Å²) in [6.07, 6.45) is 3.58. The van der Waals surface area contributed by atoms with E-state index in [1.807, 2.05) is 0 Å². The maximum absolute atomic E-state index is 5.78. The predicted molar refractivity (Wildman–Crippen MR) is 41.8 cm³/mol. The van der Waals surface area contributed by atoms with Crippen LogP contribution in [-0.4, -0.2) is 19.3 Å². The third kappa shape index (κ3) is 2.27. The number of hydrogen-bond donors (Lipinski definition) is 1. The van der Waals surface area contributed by atoms with E-state index in [9.17, 15) is 0 Å². The number of nitrogens with two attached hydrogens (primary N) is 1. The van der Waals surface area contributed by atoms with Gasteiger partial charge in [-0.15, -0.1) is 0 Å². The van der Waals surface area contributed by atoms with Crippen LogP contribution in [0.25, 0.3) is 0 Å². The van der Waals surface area contributed by atoms with Crippen LogP contribution >= 0.6 is 0 Å². The molecule has 2 heteroatoms. The Hall–Kier alpha value is -0.0800. The molecule has 0 aromatic rings. The molecule has 1 fully saturated rings. The molecule has 2 atom stereocenters. The topological polar surface area (TPSA) is 35.2 Å². The van der Waals surface area contributed by atoms with Crippen LogP contribution < -0.4 is 5.73 Å². The van der Waals surface area contributed by atoms with Gasteiger partial charge in [0.2, 0.25) is 0 Å². The van der Waals surface area contributed by atoms with Gasteiger partial charge in [0.25, 0.3) is 0 Å². The van der Waals surface area contributed by atoms with Crippen LogP contribution in [0.1, 0.15) is 26.2 Å². The van der Waals surface area contributed by atoms with E-state index in [0.29, 0.717) is 12.0 Å². The summed E-state index contributed by atoms with van der Waals surface area (Å²) in [5, 5.41) is 0. The second-order valence-corrected chi connectivity index (χ2v) is 3.16. The normalized spacial score (nSPS) is 31.2. The fourth-order valence-corrected chi connectivity index (χ4v) is 1.45. The van der Waals surface area contributed by atoms with E-state index in [1.165, 1.54) is 12.8 Å². The lowest BCUT2D eigenvalue weighted by atomic mass is 9.94. The molecule has 1 aliphatic heterocycles. The monoisotopic (exact) mass is 143 g/mol. The lowest BCUT2D eigenvalue weighted by Gasteiger charge is -2.16. The third-order valence-electron chi connectivity index (χ3n) is 2.24. The molecule has 0 bridgehead atoms. The molecule has 0 radical (unpaired) electrons. The van der Waals surface area contributed by atoms with Gasteiger partial charge in [-0.05, 0) is 32.1 Å². The summed E-state index contributed by atoms with van der Waals surface area (Å²) >= 11 is 0. The SMILES string of the molecule is CC(N)C1CCCOCC1. The van der Waals surface area contributed by atoms with Crippen LogP contribution in [-0.2, 0) is 4.74 Å². The van der Waals surface area contributed by atoms with Gasteiger partial charge in [-0.25, -0.2) is 0 Å². The molecule has 2 nitrogen and oxygen atoms in total. The van der Waals surface area contributed by atoms with E-state index in [0.717, 1.165) is 19.6 Å². The Kier molecular flexibility index (Phi) is 3.16. The smallest absolute Gasteiger partial charge is 0.0469 e. The highest BCUT2D eigenvalue weighted by molar-refractivity contribution is 4.70. The maximum Gasteiger partial charge on any atom is 0.0469 e. The quantitative estimate of drug-likeness (QED) is 0.597. The van der Waals surface area contributed by atoms with Gasteiger partial charge in [0.15, 0.2) is 0 Å². The van der Waals surface area contributed by atoms with Crippen molar-refractivity contribution >= 4 is 0 Å². The van der Waals surface area contributed by atoms with Crippen molar-refractivity contribution in [2.45, 2.75) is 32.2 Å². The summed E-state index contributed by atoms with van der Waals surface area (Å²) in [5.41, 5.74) is 5.78. The van der Waals surface area contributed by atoms with Crippen molar-refractivity contribution in [3.05, 3.63) is 0 Å². The van der Waals surface area contributed by atoms with Gasteiger partial charge in [0.1, 0.15) is 0 Å².